The van der Waals surface area contributed by atoms with Crippen LogP contribution in [0.3, 0.4) is 0 Å². The molecule has 0 unspecified atom stereocenters. The van der Waals surface area contributed by atoms with Gasteiger partial charge >= 0.3 is 6.16 Å². The van der Waals surface area contributed by atoms with E-state index in [1.54, 1.807) is 6.92 Å². The SMILES string of the molecule is CCCCC(C)(C)COC(=O)OCC. The van der Waals surface area contributed by atoms with E-state index >= 15 is 0 Å². The third-order valence-corrected chi connectivity index (χ3v) is 2.05. The van der Waals surface area contributed by atoms with E-state index < -0.39 is 6.16 Å². The van der Waals surface area contributed by atoms with E-state index in [9.17, 15) is 4.79 Å². The Labute approximate surface area is 86.8 Å². The Morgan fingerprint density at radius 1 is 1.21 bits per heavy atom. The average molecular weight is 202 g/mol. The van der Waals surface area contributed by atoms with Crippen molar-refractivity contribution >= 4 is 6.16 Å². The molecule has 0 N–H and O–H groups in total. The predicted molar refractivity (Wildman–Crippen MR) is 56.3 cm³/mol. The second-order valence-electron chi connectivity index (χ2n) is 4.24. The second-order valence-corrected chi connectivity index (χ2v) is 4.24. The van der Waals surface area contributed by atoms with Gasteiger partial charge in [0.1, 0.15) is 6.61 Å². The fraction of sp³-hybridized carbons (Fsp3) is 0.909. The number of hydrogen-bond acceptors (Lipinski definition) is 3. The van der Waals surface area contributed by atoms with E-state index in [0.717, 1.165) is 6.42 Å². The zero-order valence-electron chi connectivity index (χ0n) is 9.76. The zero-order chi connectivity index (χ0) is 11.0. The molecule has 0 rings (SSSR count). The van der Waals surface area contributed by atoms with Crippen LogP contribution in [0.15, 0.2) is 0 Å². The predicted octanol–water partition coefficient (Wildman–Crippen LogP) is 3.38. The molecule has 3 nitrogen and oxygen atoms in total. The van der Waals surface area contributed by atoms with Gasteiger partial charge in [0, 0.05) is 0 Å². The van der Waals surface area contributed by atoms with E-state index in [1.807, 2.05) is 0 Å². The van der Waals surface area contributed by atoms with Gasteiger partial charge in [0.2, 0.25) is 0 Å². The Morgan fingerprint density at radius 2 is 1.86 bits per heavy atom. The quantitative estimate of drug-likeness (QED) is 0.619. The number of unbranched alkanes of at least 4 members (excludes halogenated alkanes) is 1. The minimum atomic E-state index is -0.558. The molecule has 0 heterocycles. The maximum atomic E-state index is 10.9. The van der Waals surface area contributed by atoms with E-state index in [1.165, 1.54) is 12.8 Å². The summed E-state index contributed by atoms with van der Waals surface area (Å²) < 4.78 is 9.66. The molecule has 0 spiro atoms. The highest BCUT2D eigenvalue weighted by Crippen LogP contribution is 2.23. The van der Waals surface area contributed by atoms with Gasteiger partial charge in [-0.15, -0.1) is 0 Å². The molecule has 0 aromatic carbocycles. The molecule has 0 saturated carbocycles. The van der Waals surface area contributed by atoms with Crippen LogP contribution in [0.25, 0.3) is 0 Å². The van der Waals surface area contributed by atoms with Crippen molar-refractivity contribution in [2.75, 3.05) is 13.2 Å². The number of hydrogen-bond donors (Lipinski definition) is 0. The molecule has 0 amide bonds. The molecular formula is C11H22O3. The first-order chi connectivity index (χ1) is 6.52. The standard InChI is InChI=1S/C11H22O3/c1-5-7-8-11(3,4)9-14-10(12)13-6-2/h5-9H2,1-4H3. The summed E-state index contributed by atoms with van der Waals surface area (Å²) in [5, 5.41) is 0. The Kier molecular flexibility index (Phi) is 6.34. The fourth-order valence-corrected chi connectivity index (χ4v) is 1.14. The third-order valence-electron chi connectivity index (χ3n) is 2.05. The monoisotopic (exact) mass is 202 g/mol. The van der Waals surface area contributed by atoms with Crippen molar-refractivity contribution in [3.05, 3.63) is 0 Å². The largest absolute Gasteiger partial charge is 0.508 e. The van der Waals surface area contributed by atoms with Crippen LogP contribution < -0.4 is 0 Å². The Bertz CT molecular complexity index is 164. The van der Waals surface area contributed by atoms with Crippen LogP contribution in [0, 0.1) is 5.41 Å². The molecule has 0 aliphatic carbocycles. The van der Waals surface area contributed by atoms with Gasteiger partial charge in [0.15, 0.2) is 0 Å². The lowest BCUT2D eigenvalue weighted by molar-refractivity contribution is 0.0299. The first-order valence-corrected chi connectivity index (χ1v) is 5.31. The van der Waals surface area contributed by atoms with Gasteiger partial charge in [-0.05, 0) is 18.8 Å². The van der Waals surface area contributed by atoms with Gasteiger partial charge in [-0.25, -0.2) is 4.79 Å². The molecule has 0 aromatic rings. The smallest absolute Gasteiger partial charge is 0.435 e. The van der Waals surface area contributed by atoms with Crippen molar-refractivity contribution in [2.45, 2.75) is 47.0 Å². The topological polar surface area (TPSA) is 35.5 Å². The number of carbonyl (C=O) groups is 1. The zero-order valence-corrected chi connectivity index (χ0v) is 9.76. The molecule has 84 valence electrons. The van der Waals surface area contributed by atoms with Crippen molar-refractivity contribution in [3.63, 3.8) is 0 Å². The molecule has 0 aliphatic rings. The average Bonchev–Trinajstić information content (AvgIpc) is 2.13. The maximum Gasteiger partial charge on any atom is 0.508 e. The van der Waals surface area contributed by atoms with Crippen molar-refractivity contribution in [3.8, 4) is 0 Å². The minimum absolute atomic E-state index is 0.0583. The molecule has 0 saturated heterocycles. The summed E-state index contributed by atoms with van der Waals surface area (Å²) in [7, 11) is 0. The van der Waals surface area contributed by atoms with Gasteiger partial charge in [0.25, 0.3) is 0 Å². The normalized spacial score (nSPS) is 11.1. The van der Waals surface area contributed by atoms with Crippen molar-refractivity contribution in [1.29, 1.82) is 0 Å². The van der Waals surface area contributed by atoms with E-state index in [0.29, 0.717) is 13.2 Å². The first-order valence-electron chi connectivity index (χ1n) is 5.31. The van der Waals surface area contributed by atoms with Crippen LogP contribution >= 0.6 is 0 Å². The molecule has 0 aliphatic heterocycles. The molecule has 0 atom stereocenters. The van der Waals surface area contributed by atoms with E-state index in [-0.39, 0.29) is 5.41 Å². The Hall–Kier alpha value is -0.730. The third kappa shape index (κ3) is 6.75. The van der Waals surface area contributed by atoms with Crippen molar-refractivity contribution in [1.82, 2.24) is 0 Å². The van der Waals surface area contributed by atoms with Gasteiger partial charge in [-0.3, -0.25) is 0 Å². The second kappa shape index (κ2) is 6.68. The summed E-state index contributed by atoms with van der Waals surface area (Å²) in [5.41, 5.74) is 0.0583. The molecule has 0 aromatic heterocycles. The summed E-state index contributed by atoms with van der Waals surface area (Å²) >= 11 is 0. The van der Waals surface area contributed by atoms with Crippen LogP contribution in [0.5, 0.6) is 0 Å². The Morgan fingerprint density at radius 3 is 2.36 bits per heavy atom. The van der Waals surface area contributed by atoms with Crippen LogP contribution in [-0.4, -0.2) is 19.4 Å². The van der Waals surface area contributed by atoms with Crippen molar-refractivity contribution < 1.29 is 14.3 Å². The first kappa shape index (κ1) is 13.3. The van der Waals surface area contributed by atoms with Crippen LogP contribution in [-0.2, 0) is 9.47 Å². The number of rotatable bonds is 6. The van der Waals surface area contributed by atoms with Gasteiger partial charge in [-0.2, -0.15) is 0 Å². The maximum absolute atomic E-state index is 10.9. The highest BCUT2D eigenvalue weighted by molar-refractivity contribution is 5.59. The lowest BCUT2D eigenvalue weighted by Crippen LogP contribution is -2.22. The fourth-order valence-electron chi connectivity index (χ4n) is 1.14. The van der Waals surface area contributed by atoms with Crippen molar-refractivity contribution in [2.24, 2.45) is 5.41 Å². The minimum Gasteiger partial charge on any atom is -0.435 e. The number of ether oxygens (including phenoxy) is 2. The lowest BCUT2D eigenvalue weighted by Gasteiger charge is -2.23. The summed E-state index contributed by atoms with van der Waals surface area (Å²) in [5.74, 6) is 0. The molecule has 0 fully saturated rings. The summed E-state index contributed by atoms with van der Waals surface area (Å²) in [6, 6.07) is 0. The Balaban J connectivity index is 3.68. The van der Waals surface area contributed by atoms with Crippen LogP contribution in [0.2, 0.25) is 0 Å². The molecule has 3 heteroatoms. The van der Waals surface area contributed by atoms with Gasteiger partial charge in [0.05, 0.1) is 6.61 Å². The molecule has 0 radical (unpaired) electrons. The van der Waals surface area contributed by atoms with Gasteiger partial charge < -0.3 is 9.47 Å². The molecule has 0 bridgehead atoms. The summed E-state index contributed by atoms with van der Waals surface area (Å²) in [6.45, 7) is 8.93. The summed E-state index contributed by atoms with van der Waals surface area (Å²) in [4.78, 5) is 10.9. The highest BCUT2D eigenvalue weighted by atomic mass is 16.7. The molecular weight excluding hydrogens is 180 g/mol. The van der Waals surface area contributed by atoms with E-state index in [4.69, 9.17) is 4.74 Å². The summed E-state index contributed by atoms with van der Waals surface area (Å²) in [6.07, 6.45) is 2.85. The highest BCUT2D eigenvalue weighted by Gasteiger charge is 2.19. The number of carbonyl (C=O) groups excluding carboxylic acids is 1. The molecule has 14 heavy (non-hydrogen) atoms. The van der Waals surface area contributed by atoms with Crippen LogP contribution in [0.1, 0.15) is 47.0 Å². The van der Waals surface area contributed by atoms with Crippen LogP contribution in [0.4, 0.5) is 4.79 Å². The van der Waals surface area contributed by atoms with Gasteiger partial charge in [-0.1, -0.05) is 33.6 Å². The van der Waals surface area contributed by atoms with E-state index in [2.05, 4.69) is 25.5 Å². The lowest BCUT2D eigenvalue weighted by atomic mass is 9.88.